The second-order valence-corrected chi connectivity index (χ2v) is 12.1. The molecule has 230 valence electrons. The van der Waals surface area contributed by atoms with Crippen molar-refractivity contribution in [2.75, 3.05) is 18.5 Å². The van der Waals surface area contributed by atoms with E-state index in [1.807, 2.05) is 0 Å². The van der Waals surface area contributed by atoms with Gasteiger partial charge in [0.15, 0.2) is 11.9 Å². The second-order valence-electron chi connectivity index (χ2n) is 10.4. The van der Waals surface area contributed by atoms with E-state index in [1.54, 1.807) is 18.2 Å². The number of carbonyl (C=O) groups excluding carboxylic acids is 2. The molecule has 3 aliphatic heterocycles. The minimum absolute atomic E-state index is 0.000332. The Morgan fingerprint density at radius 2 is 1.83 bits per heavy atom. The molecule has 2 unspecified atom stereocenters. The molecular weight excluding hydrogens is 574 g/mol. The largest absolute Gasteiger partial charge is 0.465 e. The third-order valence-electron chi connectivity index (χ3n) is 6.94. The molecule has 6 atom stereocenters. The second kappa shape index (κ2) is 13.9. The topological polar surface area (TPSA) is 167 Å². The number of halogens is 1. The molecule has 5 rings (SSSR count). The number of aliphatic hydroxyl groups excluding tert-OH is 1. The molecule has 4 bridgehead atoms. The van der Waals surface area contributed by atoms with Gasteiger partial charge in [0.25, 0.3) is 0 Å². The highest BCUT2D eigenvalue weighted by atomic mass is 31.2. The third kappa shape index (κ3) is 8.01. The van der Waals surface area contributed by atoms with Crippen LogP contribution in [-0.4, -0.2) is 63.7 Å². The summed E-state index contributed by atoms with van der Waals surface area (Å²) in [6.45, 7) is 1.99. The van der Waals surface area contributed by atoms with Gasteiger partial charge in [-0.3, -0.25) is 18.7 Å². The van der Waals surface area contributed by atoms with Gasteiger partial charge in [0.2, 0.25) is 5.91 Å². The smallest absolute Gasteiger partial charge is 0.459 e. The maximum atomic E-state index is 15.8. The van der Waals surface area contributed by atoms with Gasteiger partial charge in [0.1, 0.15) is 29.8 Å². The molecule has 0 radical (unpaired) electrons. The number of hydrogen-bond donors (Lipinski definition) is 3. The number of hydrogen-bond acceptors (Lipinski definition) is 10. The number of fused-ring (bicyclic) bond motifs is 17. The van der Waals surface area contributed by atoms with E-state index >= 15 is 4.39 Å². The number of rotatable bonds is 2. The summed E-state index contributed by atoms with van der Waals surface area (Å²) < 4.78 is 52.5. The molecule has 1 aromatic carbocycles. The molecular formula is C27H36FN4O9P. The molecule has 13 nitrogen and oxygen atoms in total. The van der Waals surface area contributed by atoms with Gasteiger partial charge in [-0.15, -0.1) is 0 Å². The molecule has 1 fully saturated rings. The lowest BCUT2D eigenvalue weighted by Crippen LogP contribution is -2.43. The molecule has 1 amide bonds. The first-order valence-electron chi connectivity index (χ1n) is 13.8. The Balaban J connectivity index is 1.58. The van der Waals surface area contributed by atoms with Crippen molar-refractivity contribution in [3.8, 4) is 5.75 Å². The minimum Gasteiger partial charge on any atom is -0.465 e. The Labute approximate surface area is 242 Å². The van der Waals surface area contributed by atoms with Gasteiger partial charge in [-0.25, -0.2) is 13.8 Å². The molecule has 0 saturated carbocycles. The zero-order valence-electron chi connectivity index (χ0n) is 23.4. The van der Waals surface area contributed by atoms with Gasteiger partial charge in [-0.1, -0.05) is 37.5 Å². The SMILES string of the molecule is C[C@@H]1N[P@@](=O)(Oc2ccccc2)OCC2OC(n3ccc(nc3=O)NC(=O)CCCCCCCOC1=O)[C@](C)(F)[C@@H]2O. The number of nitrogens with one attached hydrogen (secondary N) is 2. The number of benzene rings is 1. The predicted molar refractivity (Wildman–Crippen MR) is 148 cm³/mol. The minimum atomic E-state index is -4.32. The van der Waals surface area contributed by atoms with E-state index in [0.717, 1.165) is 30.8 Å². The lowest BCUT2D eigenvalue weighted by atomic mass is 9.98. The molecule has 4 heterocycles. The summed E-state index contributed by atoms with van der Waals surface area (Å²) in [4.78, 5) is 41.5. The lowest BCUT2D eigenvalue weighted by Gasteiger charge is -2.25. The summed E-state index contributed by atoms with van der Waals surface area (Å²) in [5.74, 6) is -0.846. The lowest BCUT2D eigenvalue weighted by molar-refractivity contribution is -0.145. The highest BCUT2D eigenvalue weighted by Gasteiger charge is 2.56. The molecule has 2 aromatic rings. The van der Waals surface area contributed by atoms with Gasteiger partial charge in [0, 0.05) is 12.6 Å². The summed E-state index contributed by atoms with van der Waals surface area (Å²) in [5.41, 5.74) is -3.41. The van der Waals surface area contributed by atoms with Crippen LogP contribution in [0.25, 0.3) is 0 Å². The van der Waals surface area contributed by atoms with Crippen molar-refractivity contribution in [1.29, 1.82) is 0 Å². The van der Waals surface area contributed by atoms with Crippen LogP contribution in [0.4, 0.5) is 10.2 Å². The maximum absolute atomic E-state index is 15.8. The van der Waals surface area contributed by atoms with Gasteiger partial charge in [-0.05, 0) is 44.9 Å². The first kappa shape index (κ1) is 31.8. The van der Waals surface area contributed by atoms with Crippen molar-refractivity contribution in [3.63, 3.8) is 0 Å². The fraction of sp³-hybridized carbons (Fsp3) is 0.556. The summed E-state index contributed by atoms with van der Waals surface area (Å²) in [7, 11) is -4.32. The van der Waals surface area contributed by atoms with E-state index in [4.69, 9.17) is 18.5 Å². The van der Waals surface area contributed by atoms with Gasteiger partial charge >= 0.3 is 19.4 Å². The van der Waals surface area contributed by atoms with Crippen molar-refractivity contribution in [2.45, 2.75) is 82.5 Å². The number of nitrogens with zero attached hydrogens (tertiary/aromatic N) is 2. The van der Waals surface area contributed by atoms with Gasteiger partial charge < -0.3 is 24.4 Å². The molecule has 42 heavy (non-hydrogen) atoms. The predicted octanol–water partition coefficient (Wildman–Crippen LogP) is 3.25. The Bertz CT molecular complexity index is 1340. The summed E-state index contributed by atoms with van der Waals surface area (Å²) >= 11 is 0. The normalized spacial score (nSPS) is 32.1. The van der Waals surface area contributed by atoms with Crippen LogP contribution in [0, 0.1) is 0 Å². The quantitative estimate of drug-likeness (QED) is 0.337. The van der Waals surface area contributed by atoms with Crippen LogP contribution in [0.15, 0.2) is 47.4 Å². The van der Waals surface area contributed by atoms with Crippen LogP contribution in [0.1, 0.15) is 58.6 Å². The number of aromatic nitrogens is 2. The van der Waals surface area contributed by atoms with Gasteiger partial charge in [0.05, 0.1) is 13.2 Å². The van der Waals surface area contributed by atoms with Crippen LogP contribution in [0.2, 0.25) is 0 Å². The monoisotopic (exact) mass is 610 g/mol. The number of amides is 1. The number of para-hydroxylation sites is 1. The van der Waals surface area contributed by atoms with E-state index in [1.165, 1.54) is 31.3 Å². The maximum Gasteiger partial charge on any atom is 0.459 e. The third-order valence-corrected chi connectivity index (χ3v) is 8.59. The summed E-state index contributed by atoms with van der Waals surface area (Å²) in [5, 5.41) is 15.9. The highest BCUT2D eigenvalue weighted by molar-refractivity contribution is 7.52. The average Bonchev–Trinajstić information content (AvgIpc) is 3.16. The summed E-state index contributed by atoms with van der Waals surface area (Å²) in [6, 6.07) is 8.27. The van der Waals surface area contributed by atoms with E-state index in [0.29, 0.717) is 12.8 Å². The Morgan fingerprint density at radius 1 is 1.12 bits per heavy atom. The Morgan fingerprint density at radius 3 is 2.57 bits per heavy atom. The van der Waals surface area contributed by atoms with Crippen molar-refractivity contribution >= 4 is 25.4 Å². The Kier molecular flexibility index (Phi) is 10.5. The van der Waals surface area contributed by atoms with Crippen LogP contribution < -0.4 is 20.6 Å². The van der Waals surface area contributed by atoms with Crippen LogP contribution in [0.5, 0.6) is 5.75 Å². The summed E-state index contributed by atoms with van der Waals surface area (Å²) in [6.07, 6.45) is 0.155. The number of carbonyl (C=O) groups is 2. The van der Waals surface area contributed by atoms with Crippen molar-refractivity contribution in [1.82, 2.24) is 14.6 Å². The number of alkyl halides is 1. The zero-order valence-corrected chi connectivity index (χ0v) is 24.3. The zero-order chi connectivity index (χ0) is 30.3. The number of ether oxygens (including phenoxy) is 2. The van der Waals surface area contributed by atoms with E-state index < -0.39 is 56.2 Å². The van der Waals surface area contributed by atoms with Crippen molar-refractivity contribution < 1.29 is 42.2 Å². The van der Waals surface area contributed by atoms with E-state index in [-0.39, 0.29) is 30.5 Å². The van der Waals surface area contributed by atoms with Crippen LogP contribution in [-0.2, 0) is 28.2 Å². The van der Waals surface area contributed by atoms with Crippen LogP contribution >= 0.6 is 7.75 Å². The molecule has 0 aliphatic carbocycles. The van der Waals surface area contributed by atoms with Crippen molar-refractivity contribution in [3.05, 3.63) is 53.1 Å². The fourth-order valence-corrected chi connectivity index (χ4v) is 6.11. The van der Waals surface area contributed by atoms with Crippen LogP contribution in [0.3, 0.4) is 0 Å². The van der Waals surface area contributed by atoms with Gasteiger partial charge in [-0.2, -0.15) is 10.1 Å². The van der Waals surface area contributed by atoms with E-state index in [2.05, 4.69) is 15.4 Å². The molecule has 1 saturated heterocycles. The first-order valence-corrected chi connectivity index (χ1v) is 15.4. The highest BCUT2D eigenvalue weighted by Crippen LogP contribution is 2.47. The first-order chi connectivity index (χ1) is 20.0. The number of aliphatic hydroxyl groups is 1. The van der Waals surface area contributed by atoms with E-state index in [9.17, 15) is 24.1 Å². The fourth-order valence-electron chi connectivity index (χ4n) is 4.60. The molecule has 0 spiro atoms. The Hall–Kier alpha value is -3.16. The standard InChI is InChI=1S/C27H36FN4O9P/c1-18-24(35)38-16-10-5-3-4-9-13-22(33)29-21-14-15-32(26(36)30-21)25-27(2,28)23(34)20(40-25)17-39-42(37,31-18)41-19-11-7-6-8-12-19/h6-8,11-12,14-15,18,20,23,25,34H,3-5,9-10,13,16-17H2,1-2H3,(H,31,37)(H,29,30,33,36)/t18-,20?,23+,25?,27+,42-/m0/s1. The number of esters is 1. The molecule has 15 heteroatoms. The molecule has 3 aliphatic rings. The molecule has 3 N–H and O–H groups in total. The molecule has 1 aromatic heterocycles. The average molecular weight is 611 g/mol. The number of anilines is 1. The van der Waals surface area contributed by atoms with Crippen molar-refractivity contribution in [2.24, 2.45) is 0 Å².